The highest BCUT2D eigenvalue weighted by atomic mass is 32.1. The molecule has 1 aliphatic rings. The predicted octanol–water partition coefficient (Wildman–Crippen LogP) is 1.24. The van der Waals surface area contributed by atoms with Gasteiger partial charge in [0.05, 0.1) is 19.3 Å². The van der Waals surface area contributed by atoms with Gasteiger partial charge < -0.3 is 24.6 Å². The molecule has 0 bridgehead atoms. The molecular weight excluding hydrogens is 302 g/mol. The SMILES string of the molecule is CO[C@H]1COC[C@@H]1NC(=O)N(CCN(C)C)Cc1ccsc1. The van der Waals surface area contributed by atoms with Crippen LogP contribution in [0.25, 0.3) is 0 Å². The summed E-state index contributed by atoms with van der Waals surface area (Å²) in [6.45, 7) is 3.16. The van der Waals surface area contributed by atoms with Crippen molar-refractivity contribution in [1.29, 1.82) is 0 Å². The zero-order valence-corrected chi connectivity index (χ0v) is 14.3. The van der Waals surface area contributed by atoms with Crippen LogP contribution < -0.4 is 5.32 Å². The fraction of sp³-hybridized carbons (Fsp3) is 0.667. The lowest BCUT2D eigenvalue weighted by Crippen LogP contribution is -2.50. The quantitative estimate of drug-likeness (QED) is 0.818. The third-order valence-corrected chi connectivity index (χ3v) is 4.43. The number of hydrogen-bond donors (Lipinski definition) is 1. The van der Waals surface area contributed by atoms with E-state index in [4.69, 9.17) is 9.47 Å². The summed E-state index contributed by atoms with van der Waals surface area (Å²) in [6.07, 6.45) is -0.0687. The highest BCUT2D eigenvalue weighted by Crippen LogP contribution is 2.12. The fourth-order valence-corrected chi connectivity index (χ4v) is 2.99. The summed E-state index contributed by atoms with van der Waals surface area (Å²) in [7, 11) is 5.66. The Hall–Kier alpha value is -1.15. The maximum atomic E-state index is 12.6. The lowest BCUT2D eigenvalue weighted by Gasteiger charge is -2.27. The van der Waals surface area contributed by atoms with Gasteiger partial charge in [0.2, 0.25) is 0 Å². The largest absolute Gasteiger partial charge is 0.377 e. The first-order chi connectivity index (χ1) is 10.6. The molecule has 0 radical (unpaired) electrons. The summed E-state index contributed by atoms with van der Waals surface area (Å²) in [4.78, 5) is 16.5. The molecule has 2 rings (SSSR count). The van der Waals surface area contributed by atoms with E-state index in [1.807, 2.05) is 24.4 Å². The van der Waals surface area contributed by atoms with E-state index in [9.17, 15) is 4.79 Å². The van der Waals surface area contributed by atoms with Gasteiger partial charge in [0.1, 0.15) is 6.10 Å². The van der Waals surface area contributed by atoms with Crippen LogP contribution in [0.3, 0.4) is 0 Å². The Bertz CT molecular complexity index is 453. The highest BCUT2D eigenvalue weighted by Gasteiger charge is 2.30. The molecule has 0 aromatic carbocycles. The first kappa shape index (κ1) is 17.2. The Kier molecular flexibility index (Phi) is 6.63. The number of nitrogens with one attached hydrogen (secondary N) is 1. The average molecular weight is 327 g/mol. The van der Waals surface area contributed by atoms with Gasteiger partial charge in [0, 0.05) is 26.7 Å². The Morgan fingerprint density at radius 3 is 2.91 bits per heavy atom. The molecule has 0 saturated carbocycles. The average Bonchev–Trinajstić information content (AvgIpc) is 3.14. The molecular formula is C15H25N3O3S. The minimum absolute atomic E-state index is 0.0643. The standard InChI is InChI=1S/C15H25N3O3S/c1-17(2)5-6-18(8-12-4-7-22-11-12)15(19)16-13-9-21-10-14(13)20-3/h4,7,11,13-14H,5-6,8-10H2,1-3H3,(H,16,19)/t13-,14-/m0/s1. The van der Waals surface area contributed by atoms with Crippen molar-refractivity contribution in [2.24, 2.45) is 0 Å². The molecule has 124 valence electrons. The molecule has 2 amide bonds. The molecule has 1 saturated heterocycles. The van der Waals surface area contributed by atoms with Crippen LogP contribution in [0.1, 0.15) is 5.56 Å². The van der Waals surface area contributed by atoms with Gasteiger partial charge in [-0.05, 0) is 36.5 Å². The second-order valence-corrected chi connectivity index (χ2v) is 6.50. The fourth-order valence-electron chi connectivity index (χ4n) is 2.33. The van der Waals surface area contributed by atoms with Crippen molar-refractivity contribution >= 4 is 17.4 Å². The second kappa shape index (κ2) is 8.47. The molecule has 1 aromatic heterocycles. The van der Waals surface area contributed by atoms with Crippen LogP contribution >= 0.6 is 11.3 Å². The molecule has 2 heterocycles. The smallest absolute Gasteiger partial charge is 0.318 e. The second-order valence-electron chi connectivity index (χ2n) is 5.72. The Morgan fingerprint density at radius 2 is 2.27 bits per heavy atom. The van der Waals surface area contributed by atoms with E-state index in [-0.39, 0.29) is 18.2 Å². The number of likely N-dealkylation sites (N-methyl/N-ethyl adjacent to an activating group) is 1. The van der Waals surface area contributed by atoms with Crippen molar-refractivity contribution in [2.45, 2.75) is 18.7 Å². The van der Waals surface area contributed by atoms with Gasteiger partial charge >= 0.3 is 6.03 Å². The van der Waals surface area contributed by atoms with Gasteiger partial charge in [0.15, 0.2) is 0 Å². The van der Waals surface area contributed by atoms with E-state index >= 15 is 0 Å². The van der Waals surface area contributed by atoms with Crippen molar-refractivity contribution < 1.29 is 14.3 Å². The molecule has 7 heteroatoms. The molecule has 1 N–H and O–H groups in total. The van der Waals surface area contributed by atoms with Crippen molar-refractivity contribution in [3.8, 4) is 0 Å². The molecule has 0 spiro atoms. The summed E-state index contributed by atoms with van der Waals surface area (Å²) >= 11 is 1.65. The van der Waals surface area contributed by atoms with Crippen LogP contribution in [-0.4, -0.2) is 75.5 Å². The number of carbonyl (C=O) groups is 1. The van der Waals surface area contributed by atoms with E-state index < -0.39 is 0 Å². The lowest BCUT2D eigenvalue weighted by atomic mass is 10.2. The first-order valence-electron chi connectivity index (χ1n) is 7.42. The summed E-state index contributed by atoms with van der Waals surface area (Å²) in [5.41, 5.74) is 1.16. The normalized spacial score (nSPS) is 21.3. The van der Waals surface area contributed by atoms with Crippen molar-refractivity contribution in [3.05, 3.63) is 22.4 Å². The zero-order valence-electron chi connectivity index (χ0n) is 13.4. The lowest BCUT2D eigenvalue weighted by molar-refractivity contribution is 0.0733. The minimum Gasteiger partial charge on any atom is -0.377 e. The van der Waals surface area contributed by atoms with Gasteiger partial charge in [-0.2, -0.15) is 11.3 Å². The number of methoxy groups -OCH3 is 1. The first-order valence-corrected chi connectivity index (χ1v) is 8.36. The van der Waals surface area contributed by atoms with E-state index in [0.717, 1.165) is 12.1 Å². The van der Waals surface area contributed by atoms with Crippen LogP contribution in [0.15, 0.2) is 16.8 Å². The maximum absolute atomic E-state index is 12.6. The van der Waals surface area contributed by atoms with Crippen molar-refractivity contribution in [1.82, 2.24) is 15.1 Å². The molecule has 1 aromatic rings. The summed E-state index contributed by atoms with van der Waals surface area (Å²) in [5, 5.41) is 7.14. The number of amides is 2. The third kappa shape index (κ3) is 4.95. The number of hydrogen-bond acceptors (Lipinski definition) is 5. The number of urea groups is 1. The Morgan fingerprint density at radius 1 is 1.45 bits per heavy atom. The third-order valence-electron chi connectivity index (χ3n) is 3.70. The highest BCUT2D eigenvalue weighted by molar-refractivity contribution is 7.07. The number of ether oxygens (including phenoxy) is 2. The summed E-state index contributed by atoms with van der Waals surface area (Å²) in [6, 6.07) is 1.91. The maximum Gasteiger partial charge on any atom is 0.318 e. The van der Waals surface area contributed by atoms with Gasteiger partial charge in [-0.25, -0.2) is 4.79 Å². The van der Waals surface area contributed by atoms with E-state index in [2.05, 4.69) is 21.7 Å². The number of carbonyl (C=O) groups excluding carboxylic acids is 1. The van der Waals surface area contributed by atoms with Crippen LogP contribution in [0, 0.1) is 0 Å². The van der Waals surface area contributed by atoms with Gasteiger partial charge in [0.25, 0.3) is 0 Å². The van der Waals surface area contributed by atoms with Crippen LogP contribution in [-0.2, 0) is 16.0 Å². The predicted molar refractivity (Wildman–Crippen MR) is 87.2 cm³/mol. The van der Waals surface area contributed by atoms with Crippen molar-refractivity contribution in [3.63, 3.8) is 0 Å². The number of rotatable bonds is 7. The van der Waals surface area contributed by atoms with E-state index in [0.29, 0.717) is 26.3 Å². The van der Waals surface area contributed by atoms with Crippen LogP contribution in [0.2, 0.25) is 0 Å². The molecule has 1 aliphatic heterocycles. The van der Waals surface area contributed by atoms with Gasteiger partial charge in [-0.3, -0.25) is 0 Å². The van der Waals surface area contributed by atoms with E-state index in [1.54, 1.807) is 18.4 Å². The molecule has 1 fully saturated rings. The molecule has 2 atom stereocenters. The summed E-state index contributed by atoms with van der Waals surface area (Å²) < 4.78 is 10.7. The monoisotopic (exact) mass is 327 g/mol. The van der Waals surface area contributed by atoms with Gasteiger partial charge in [-0.15, -0.1) is 0 Å². The Labute approximate surface area is 136 Å². The molecule has 0 unspecified atom stereocenters. The minimum atomic E-state index is -0.0816. The Balaban J connectivity index is 1.95. The number of thiophene rings is 1. The van der Waals surface area contributed by atoms with Crippen LogP contribution in [0.5, 0.6) is 0 Å². The van der Waals surface area contributed by atoms with Crippen LogP contribution in [0.4, 0.5) is 4.79 Å². The molecule has 22 heavy (non-hydrogen) atoms. The molecule has 0 aliphatic carbocycles. The number of nitrogens with zero attached hydrogens (tertiary/aromatic N) is 2. The van der Waals surface area contributed by atoms with E-state index in [1.165, 1.54) is 0 Å². The topological polar surface area (TPSA) is 54.0 Å². The molecule has 6 nitrogen and oxygen atoms in total. The van der Waals surface area contributed by atoms with Crippen molar-refractivity contribution in [2.75, 3.05) is 47.5 Å². The zero-order chi connectivity index (χ0) is 15.9. The van der Waals surface area contributed by atoms with Gasteiger partial charge in [-0.1, -0.05) is 0 Å². The summed E-state index contributed by atoms with van der Waals surface area (Å²) in [5.74, 6) is 0.